The summed E-state index contributed by atoms with van der Waals surface area (Å²) in [5.74, 6) is 0.498. The van der Waals surface area contributed by atoms with E-state index in [1.807, 2.05) is 30.9 Å². The molecule has 1 aromatic carbocycles. The Morgan fingerprint density at radius 1 is 1.29 bits per heavy atom. The fourth-order valence-corrected chi connectivity index (χ4v) is 5.17. The van der Waals surface area contributed by atoms with Crippen molar-refractivity contribution in [3.63, 3.8) is 0 Å². The van der Waals surface area contributed by atoms with E-state index in [0.29, 0.717) is 12.2 Å². The molecule has 24 heavy (non-hydrogen) atoms. The van der Waals surface area contributed by atoms with Crippen LogP contribution in [-0.2, 0) is 21.2 Å². The zero-order valence-electron chi connectivity index (χ0n) is 14.4. The monoisotopic (exact) mass is 350 g/mol. The van der Waals surface area contributed by atoms with Crippen LogP contribution in [0.25, 0.3) is 0 Å². The Hall–Kier alpha value is -1.56. The van der Waals surface area contributed by atoms with Crippen molar-refractivity contribution in [1.82, 2.24) is 0 Å². The Labute approximate surface area is 144 Å². The molecule has 0 spiro atoms. The van der Waals surface area contributed by atoms with Crippen LogP contribution in [-0.4, -0.2) is 26.6 Å². The van der Waals surface area contributed by atoms with Crippen LogP contribution in [0, 0.1) is 11.8 Å². The van der Waals surface area contributed by atoms with E-state index in [0.717, 1.165) is 43.4 Å². The number of rotatable bonds is 5. The highest BCUT2D eigenvalue weighted by atomic mass is 32.2. The van der Waals surface area contributed by atoms with Crippen molar-refractivity contribution in [1.29, 1.82) is 0 Å². The smallest absolute Gasteiger partial charge is 0.232 e. The number of nitrogens with one attached hydrogen (secondary N) is 1. The molecule has 1 N–H and O–H groups in total. The first-order valence-electron chi connectivity index (χ1n) is 8.80. The standard InChI is InChI=1S/C18H26N2O3S/c1-13(2)12-24(22,23)19-16-8-7-14-9-10-20(17(14)11-16)18(21)15-5-3-4-6-15/h7-8,11,13,15,19H,3-6,9-10,12H2,1-2H3. The summed E-state index contributed by atoms with van der Waals surface area (Å²) in [4.78, 5) is 14.6. The van der Waals surface area contributed by atoms with E-state index < -0.39 is 10.0 Å². The number of anilines is 2. The molecule has 0 aromatic heterocycles. The Balaban J connectivity index is 1.79. The molecule has 0 atom stereocenters. The molecule has 0 unspecified atom stereocenters. The van der Waals surface area contributed by atoms with Crippen LogP contribution in [0.4, 0.5) is 11.4 Å². The number of nitrogens with zero attached hydrogens (tertiary/aromatic N) is 1. The molecule has 1 aliphatic heterocycles. The maximum absolute atomic E-state index is 12.7. The second kappa shape index (κ2) is 6.75. The molecular weight excluding hydrogens is 324 g/mol. The Kier molecular flexibility index (Phi) is 4.85. The summed E-state index contributed by atoms with van der Waals surface area (Å²) in [6.07, 6.45) is 5.06. The van der Waals surface area contributed by atoms with Gasteiger partial charge in [-0.05, 0) is 42.9 Å². The summed E-state index contributed by atoms with van der Waals surface area (Å²) in [5, 5.41) is 0. The molecule has 1 aliphatic carbocycles. The SMILES string of the molecule is CC(C)CS(=O)(=O)Nc1ccc2c(c1)N(C(=O)C1CCCC1)CC2. The molecule has 1 amide bonds. The third-order valence-electron chi connectivity index (χ3n) is 4.78. The van der Waals surface area contributed by atoms with Gasteiger partial charge in [-0.2, -0.15) is 0 Å². The van der Waals surface area contributed by atoms with E-state index >= 15 is 0 Å². The lowest BCUT2D eigenvalue weighted by atomic mass is 10.1. The van der Waals surface area contributed by atoms with Gasteiger partial charge in [0.1, 0.15) is 0 Å². The van der Waals surface area contributed by atoms with Crippen molar-refractivity contribution in [2.24, 2.45) is 11.8 Å². The molecular formula is C18H26N2O3S. The van der Waals surface area contributed by atoms with E-state index in [2.05, 4.69) is 4.72 Å². The fourth-order valence-electron chi connectivity index (χ4n) is 3.72. The molecule has 2 aliphatic rings. The Morgan fingerprint density at radius 3 is 2.67 bits per heavy atom. The second-order valence-corrected chi connectivity index (χ2v) is 9.11. The maximum atomic E-state index is 12.7. The van der Waals surface area contributed by atoms with Gasteiger partial charge >= 0.3 is 0 Å². The molecule has 0 bridgehead atoms. The van der Waals surface area contributed by atoms with E-state index in [9.17, 15) is 13.2 Å². The normalized spacial score (nSPS) is 18.2. The number of fused-ring (bicyclic) bond motifs is 1. The van der Waals surface area contributed by atoms with Gasteiger partial charge in [0, 0.05) is 18.2 Å². The van der Waals surface area contributed by atoms with Crippen molar-refractivity contribution in [3.05, 3.63) is 23.8 Å². The van der Waals surface area contributed by atoms with Gasteiger partial charge in [0.05, 0.1) is 11.4 Å². The van der Waals surface area contributed by atoms with Crippen LogP contribution in [0.15, 0.2) is 18.2 Å². The summed E-state index contributed by atoms with van der Waals surface area (Å²) in [6, 6.07) is 5.54. The van der Waals surface area contributed by atoms with Gasteiger partial charge in [0.2, 0.25) is 15.9 Å². The second-order valence-electron chi connectivity index (χ2n) is 7.34. The molecule has 1 fully saturated rings. The van der Waals surface area contributed by atoms with Gasteiger partial charge in [0.15, 0.2) is 0 Å². The van der Waals surface area contributed by atoms with Gasteiger partial charge in [-0.25, -0.2) is 8.42 Å². The summed E-state index contributed by atoms with van der Waals surface area (Å²) in [5.41, 5.74) is 2.53. The molecule has 132 valence electrons. The highest BCUT2D eigenvalue weighted by molar-refractivity contribution is 7.92. The van der Waals surface area contributed by atoms with Crippen LogP contribution < -0.4 is 9.62 Å². The molecule has 1 saturated carbocycles. The van der Waals surface area contributed by atoms with Crippen LogP contribution in [0.5, 0.6) is 0 Å². The van der Waals surface area contributed by atoms with Gasteiger partial charge in [-0.15, -0.1) is 0 Å². The Bertz CT molecular complexity index is 722. The van der Waals surface area contributed by atoms with Crippen molar-refractivity contribution in [2.45, 2.75) is 46.0 Å². The lowest BCUT2D eigenvalue weighted by Gasteiger charge is -2.22. The minimum atomic E-state index is -3.36. The first kappa shape index (κ1) is 17.3. The van der Waals surface area contributed by atoms with E-state index in [4.69, 9.17) is 0 Å². The predicted octanol–water partition coefficient (Wildman–Crippen LogP) is 3.16. The van der Waals surface area contributed by atoms with Crippen LogP contribution >= 0.6 is 0 Å². The summed E-state index contributed by atoms with van der Waals surface area (Å²) >= 11 is 0. The Morgan fingerprint density at radius 2 is 2.00 bits per heavy atom. The van der Waals surface area contributed by atoms with E-state index in [1.54, 1.807) is 6.07 Å². The van der Waals surface area contributed by atoms with Gasteiger partial charge in [0.25, 0.3) is 0 Å². The maximum Gasteiger partial charge on any atom is 0.232 e. The number of carbonyl (C=O) groups excluding carboxylic acids is 1. The molecule has 0 radical (unpaired) electrons. The van der Waals surface area contributed by atoms with Crippen LogP contribution in [0.2, 0.25) is 0 Å². The lowest BCUT2D eigenvalue weighted by molar-refractivity contribution is -0.122. The number of sulfonamides is 1. The molecule has 0 saturated heterocycles. The summed E-state index contributed by atoms with van der Waals surface area (Å²) in [7, 11) is -3.36. The van der Waals surface area contributed by atoms with Gasteiger partial charge in [-0.3, -0.25) is 9.52 Å². The first-order valence-corrected chi connectivity index (χ1v) is 10.5. The number of hydrogen-bond acceptors (Lipinski definition) is 3. The zero-order valence-corrected chi connectivity index (χ0v) is 15.2. The molecule has 1 heterocycles. The predicted molar refractivity (Wildman–Crippen MR) is 96.7 cm³/mol. The number of amides is 1. The molecule has 5 nitrogen and oxygen atoms in total. The van der Waals surface area contributed by atoms with Gasteiger partial charge < -0.3 is 4.90 Å². The summed E-state index contributed by atoms with van der Waals surface area (Å²) in [6.45, 7) is 4.46. The number of carbonyl (C=O) groups is 1. The quantitative estimate of drug-likeness (QED) is 0.887. The largest absolute Gasteiger partial charge is 0.312 e. The first-order chi connectivity index (χ1) is 11.4. The fraction of sp³-hybridized carbons (Fsp3) is 0.611. The minimum Gasteiger partial charge on any atom is -0.312 e. The topological polar surface area (TPSA) is 66.5 Å². The summed E-state index contributed by atoms with van der Waals surface area (Å²) < 4.78 is 26.9. The third-order valence-corrected chi connectivity index (χ3v) is 6.43. The van der Waals surface area contributed by atoms with Crippen LogP contribution in [0.3, 0.4) is 0 Å². The minimum absolute atomic E-state index is 0.0670. The highest BCUT2D eigenvalue weighted by Crippen LogP contribution is 2.35. The molecule has 6 heteroatoms. The van der Waals surface area contributed by atoms with Crippen molar-refractivity contribution in [2.75, 3.05) is 21.9 Å². The van der Waals surface area contributed by atoms with E-state index in [1.165, 1.54) is 0 Å². The number of hydrogen-bond donors (Lipinski definition) is 1. The zero-order chi connectivity index (χ0) is 17.3. The molecule has 3 rings (SSSR count). The van der Waals surface area contributed by atoms with E-state index in [-0.39, 0.29) is 23.5 Å². The number of benzene rings is 1. The van der Waals surface area contributed by atoms with Crippen LogP contribution in [0.1, 0.15) is 45.1 Å². The molecule has 1 aromatic rings. The highest BCUT2D eigenvalue weighted by Gasteiger charge is 2.32. The van der Waals surface area contributed by atoms with Crippen molar-refractivity contribution in [3.8, 4) is 0 Å². The van der Waals surface area contributed by atoms with Gasteiger partial charge in [-0.1, -0.05) is 32.8 Å². The average Bonchev–Trinajstić information content (AvgIpc) is 3.14. The third kappa shape index (κ3) is 3.74. The lowest BCUT2D eigenvalue weighted by Crippen LogP contribution is -2.33. The van der Waals surface area contributed by atoms with Crippen molar-refractivity contribution >= 4 is 27.3 Å². The van der Waals surface area contributed by atoms with Crippen molar-refractivity contribution < 1.29 is 13.2 Å². The average molecular weight is 350 g/mol.